The zero-order chi connectivity index (χ0) is 21.1. The van der Waals surface area contributed by atoms with Crippen LogP contribution in [0.1, 0.15) is 51.4 Å². The molecule has 1 aromatic heterocycles. The Balaban J connectivity index is 1.77. The van der Waals surface area contributed by atoms with Gasteiger partial charge in [0.15, 0.2) is 0 Å². The fourth-order valence-electron chi connectivity index (χ4n) is 4.27. The second-order valence-corrected chi connectivity index (χ2v) is 11.6. The predicted molar refractivity (Wildman–Crippen MR) is 130 cm³/mol. The van der Waals surface area contributed by atoms with E-state index in [-0.39, 0.29) is 0 Å². The molecule has 158 valence electrons. The summed E-state index contributed by atoms with van der Waals surface area (Å²) < 4.78 is 1.94. The van der Waals surface area contributed by atoms with Crippen LogP contribution in [-0.4, -0.2) is 22.2 Å². The number of carbonyl (C=O) groups is 1. The summed E-state index contributed by atoms with van der Waals surface area (Å²) in [6.07, 6.45) is 15.7. The van der Waals surface area contributed by atoms with Gasteiger partial charge in [-0.2, -0.15) is 5.10 Å². The first-order valence-electron chi connectivity index (χ1n) is 11.2. The van der Waals surface area contributed by atoms with Crippen molar-refractivity contribution < 1.29 is 4.79 Å². The van der Waals surface area contributed by atoms with Gasteiger partial charge in [0, 0.05) is 13.5 Å². The summed E-state index contributed by atoms with van der Waals surface area (Å²) in [5, 5.41) is 8.80. The Labute approximate surface area is 181 Å². The molecule has 1 heterocycles. The highest BCUT2D eigenvalue weighted by atomic mass is 31.2. The predicted octanol–water partition coefficient (Wildman–Crippen LogP) is 5.03. The third kappa shape index (κ3) is 5.67. The lowest BCUT2D eigenvalue weighted by Gasteiger charge is -2.26. The highest BCUT2D eigenvalue weighted by Crippen LogP contribution is 2.55. The number of hydrogen-bond acceptors (Lipinski definition) is 2. The zero-order valence-electron chi connectivity index (χ0n) is 18.1. The van der Waals surface area contributed by atoms with E-state index in [0.29, 0.717) is 6.42 Å². The fraction of sp³-hybridized carbons (Fsp3) is 0.385. The van der Waals surface area contributed by atoms with E-state index in [0.717, 1.165) is 12.7 Å². The molecule has 0 atom stereocenters. The molecule has 0 amide bonds. The zero-order valence-corrected chi connectivity index (χ0v) is 19.0. The Kier molecular flexibility index (Phi) is 8.83. The van der Waals surface area contributed by atoms with Gasteiger partial charge in [-0.15, -0.1) is 0 Å². The Morgan fingerprint density at radius 2 is 1.30 bits per heavy atom. The lowest BCUT2D eigenvalue weighted by atomic mass is 10.1. The van der Waals surface area contributed by atoms with E-state index in [4.69, 9.17) is 0 Å². The van der Waals surface area contributed by atoms with Gasteiger partial charge in [0.2, 0.25) is 0 Å². The standard InChI is InChI=1S/C26H34N2OP/c1-28-23-26(22-27-28)30(24-16-10-8-11-17-24,25-18-12-9-13-19-25)21-15-7-5-3-2-4-6-14-20-29/h8-13,16-20,22-23H,2-7,14-15,21H2,1H3/q+1. The Hall–Kier alpha value is -2.25. The van der Waals surface area contributed by atoms with Gasteiger partial charge in [-0.1, -0.05) is 62.1 Å². The molecule has 0 unspecified atom stereocenters. The van der Waals surface area contributed by atoms with Gasteiger partial charge in [-0.25, -0.2) is 0 Å². The van der Waals surface area contributed by atoms with Crippen LogP contribution in [-0.2, 0) is 11.8 Å². The van der Waals surface area contributed by atoms with Crippen molar-refractivity contribution in [2.45, 2.75) is 51.4 Å². The highest BCUT2D eigenvalue weighted by Gasteiger charge is 2.45. The number of aromatic nitrogens is 2. The van der Waals surface area contributed by atoms with Crippen LogP contribution in [0.2, 0.25) is 0 Å². The second-order valence-electron chi connectivity index (χ2n) is 8.01. The van der Waals surface area contributed by atoms with Crippen molar-refractivity contribution in [3.05, 3.63) is 73.1 Å². The molecule has 3 rings (SSSR count). The highest BCUT2D eigenvalue weighted by molar-refractivity contribution is 7.95. The van der Waals surface area contributed by atoms with E-state index in [1.807, 2.05) is 11.7 Å². The number of unbranched alkanes of at least 4 members (excludes halogenated alkanes) is 7. The van der Waals surface area contributed by atoms with E-state index in [1.54, 1.807) is 0 Å². The van der Waals surface area contributed by atoms with E-state index in [2.05, 4.69) is 78.2 Å². The molecule has 0 spiro atoms. The van der Waals surface area contributed by atoms with Crippen LogP contribution in [0.3, 0.4) is 0 Å². The third-order valence-corrected chi connectivity index (χ3v) is 10.3. The summed E-state index contributed by atoms with van der Waals surface area (Å²) >= 11 is 0. The number of aldehydes is 1. The topological polar surface area (TPSA) is 34.9 Å². The average molecular weight is 422 g/mol. The quantitative estimate of drug-likeness (QED) is 0.220. The molecule has 4 heteroatoms. The summed E-state index contributed by atoms with van der Waals surface area (Å²) in [6, 6.07) is 22.1. The van der Waals surface area contributed by atoms with Crippen LogP contribution in [0, 0.1) is 0 Å². The lowest BCUT2D eigenvalue weighted by molar-refractivity contribution is -0.107. The van der Waals surface area contributed by atoms with Crippen LogP contribution in [0.15, 0.2) is 73.1 Å². The van der Waals surface area contributed by atoms with Crippen LogP contribution in [0.4, 0.5) is 0 Å². The maximum Gasteiger partial charge on any atom is 0.142 e. The molecule has 0 bridgehead atoms. The smallest absolute Gasteiger partial charge is 0.142 e. The van der Waals surface area contributed by atoms with Gasteiger partial charge >= 0.3 is 0 Å². The first-order valence-corrected chi connectivity index (χ1v) is 13.2. The summed E-state index contributed by atoms with van der Waals surface area (Å²) in [7, 11) is 0.288. The van der Waals surface area contributed by atoms with Crippen LogP contribution in [0.5, 0.6) is 0 Å². The van der Waals surface area contributed by atoms with E-state index >= 15 is 0 Å². The SMILES string of the molecule is Cn1cc([P+](CCCCCCCCCC=O)(c2ccccc2)c2ccccc2)cn1. The third-order valence-electron chi connectivity index (χ3n) is 5.84. The number of nitrogens with zero attached hydrogens (tertiary/aromatic N) is 2. The van der Waals surface area contributed by atoms with E-state index in [9.17, 15) is 4.79 Å². The molecule has 0 fully saturated rings. The minimum absolute atomic E-state index is 0.715. The molecule has 2 aromatic carbocycles. The monoisotopic (exact) mass is 421 g/mol. The molecule has 0 saturated heterocycles. The molecular formula is C26H34N2OP+. The minimum atomic E-state index is -1.72. The molecule has 0 aliphatic heterocycles. The van der Waals surface area contributed by atoms with Gasteiger partial charge in [-0.05, 0) is 43.5 Å². The van der Waals surface area contributed by atoms with Crippen LogP contribution >= 0.6 is 7.26 Å². The normalized spacial score (nSPS) is 11.5. The molecule has 0 aliphatic rings. The van der Waals surface area contributed by atoms with Crippen molar-refractivity contribution in [3.63, 3.8) is 0 Å². The summed E-state index contributed by atoms with van der Waals surface area (Å²) in [6.45, 7) is 0. The first-order chi connectivity index (χ1) is 14.8. The molecule has 0 radical (unpaired) electrons. The number of aryl methyl sites for hydroxylation is 1. The van der Waals surface area contributed by atoms with Crippen molar-refractivity contribution in [3.8, 4) is 0 Å². The molecular weight excluding hydrogens is 387 g/mol. The summed E-state index contributed by atoms with van der Waals surface area (Å²) in [5.41, 5.74) is 0. The average Bonchev–Trinajstić information content (AvgIpc) is 3.23. The minimum Gasteiger partial charge on any atom is -0.303 e. The molecule has 0 aliphatic carbocycles. The maximum absolute atomic E-state index is 10.4. The maximum atomic E-state index is 10.4. The second kappa shape index (κ2) is 11.8. The molecule has 0 N–H and O–H groups in total. The Bertz CT molecular complexity index is 837. The van der Waals surface area contributed by atoms with Crippen molar-refractivity contribution in [1.82, 2.24) is 9.78 Å². The first kappa shape index (κ1) is 22.4. The summed E-state index contributed by atoms with van der Waals surface area (Å²) in [4.78, 5) is 10.4. The van der Waals surface area contributed by atoms with Gasteiger partial charge in [-0.3, -0.25) is 4.68 Å². The lowest BCUT2D eigenvalue weighted by Crippen LogP contribution is -2.33. The Morgan fingerprint density at radius 1 is 0.767 bits per heavy atom. The van der Waals surface area contributed by atoms with Gasteiger partial charge in [0.05, 0.1) is 18.6 Å². The Morgan fingerprint density at radius 3 is 1.80 bits per heavy atom. The number of benzene rings is 2. The number of hydrogen-bond donors (Lipinski definition) is 0. The van der Waals surface area contributed by atoms with Gasteiger partial charge in [0.1, 0.15) is 29.5 Å². The molecule has 3 aromatic rings. The number of rotatable bonds is 13. The van der Waals surface area contributed by atoms with Gasteiger partial charge < -0.3 is 4.79 Å². The molecule has 3 nitrogen and oxygen atoms in total. The van der Waals surface area contributed by atoms with E-state index in [1.165, 1.54) is 60.6 Å². The van der Waals surface area contributed by atoms with E-state index < -0.39 is 7.26 Å². The number of carbonyl (C=O) groups excluding carboxylic acids is 1. The van der Waals surface area contributed by atoms with Crippen LogP contribution < -0.4 is 15.9 Å². The van der Waals surface area contributed by atoms with Gasteiger partial charge in [0.25, 0.3) is 0 Å². The van der Waals surface area contributed by atoms with Crippen molar-refractivity contribution in [2.24, 2.45) is 7.05 Å². The van der Waals surface area contributed by atoms with Crippen molar-refractivity contribution in [2.75, 3.05) is 6.16 Å². The fourth-order valence-corrected chi connectivity index (χ4v) is 8.61. The molecule has 30 heavy (non-hydrogen) atoms. The van der Waals surface area contributed by atoms with Crippen molar-refractivity contribution >= 4 is 29.5 Å². The largest absolute Gasteiger partial charge is 0.303 e. The summed E-state index contributed by atoms with van der Waals surface area (Å²) in [5.74, 6) is 0. The van der Waals surface area contributed by atoms with Crippen LogP contribution in [0.25, 0.3) is 0 Å². The van der Waals surface area contributed by atoms with Crippen molar-refractivity contribution in [1.29, 1.82) is 0 Å². The molecule has 0 saturated carbocycles.